The molecule has 8 heteroatoms. The van der Waals surface area contributed by atoms with Gasteiger partial charge in [0, 0.05) is 18.8 Å². The molecule has 1 amide bonds. The zero-order valence-electron chi connectivity index (χ0n) is 13.6. The Balaban J connectivity index is 1.95. The summed E-state index contributed by atoms with van der Waals surface area (Å²) < 4.78 is 1.95. The van der Waals surface area contributed by atoms with E-state index < -0.39 is 0 Å². The van der Waals surface area contributed by atoms with Crippen LogP contribution in [0, 0.1) is 19.8 Å². The molecular weight excluding hydrogens is 334 g/mol. The summed E-state index contributed by atoms with van der Waals surface area (Å²) in [5.74, 6) is -0.0505. The van der Waals surface area contributed by atoms with Gasteiger partial charge in [-0.25, -0.2) is 9.97 Å². The minimum absolute atomic E-state index is 0.212. The largest absolute Gasteiger partial charge is 0.350 e. The average molecular weight is 354 g/mol. The van der Waals surface area contributed by atoms with E-state index in [4.69, 9.17) is 11.6 Å². The summed E-state index contributed by atoms with van der Waals surface area (Å²) in [6, 6.07) is 2.04. The Labute approximate surface area is 145 Å². The third-order valence-corrected chi connectivity index (χ3v) is 4.16. The van der Waals surface area contributed by atoms with E-state index >= 15 is 0 Å². The van der Waals surface area contributed by atoms with E-state index in [1.807, 2.05) is 30.9 Å². The van der Waals surface area contributed by atoms with Crippen molar-refractivity contribution >= 4 is 29.3 Å². The number of halogens is 1. The first-order valence-electron chi connectivity index (χ1n) is 7.26. The summed E-state index contributed by atoms with van der Waals surface area (Å²) in [7, 11) is 0. The predicted molar refractivity (Wildman–Crippen MR) is 92.0 cm³/mol. The Morgan fingerprint density at radius 1 is 1.48 bits per heavy atom. The van der Waals surface area contributed by atoms with E-state index in [-0.39, 0.29) is 22.5 Å². The lowest BCUT2D eigenvalue weighted by Crippen LogP contribution is -2.31. The number of thioether (sulfide) groups is 1. The Hall–Kier alpha value is -1.60. The Kier molecular flexibility index (Phi) is 6.01. The number of rotatable bonds is 6. The summed E-state index contributed by atoms with van der Waals surface area (Å²) in [4.78, 5) is 20.4. The van der Waals surface area contributed by atoms with Gasteiger partial charge in [0.2, 0.25) is 0 Å². The molecule has 124 valence electrons. The molecule has 2 heterocycles. The predicted octanol–water partition coefficient (Wildman–Crippen LogP) is 2.73. The minimum atomic E-state index is -0.284. The summed E-state index contributed by atoms with van der Waals surface area (Å²) in [6.07, 6.45) is 3.30. The fourth-order valence-corrected chi connectivity index (χ4v) is 2.70. The number of hydrogen-bond donors (Lipinski definition) is 1. The highest BCUT2D eigenvalue weighted by Crippen LogP contribution is 2.16. The smallest absolute Gasteiger partial charge is 0.271 e. The zero-order valence-corrected chi connectivity index (χ0v) is 15.2. The highest BCUT2D eigenvalue weighted by atomic mass is 35.5. The third-order valence-electron chi connectivity index (χ3n) is 3.32. The Morgan fingerprint density at radius 3 is 2.83 bits per heavy atom. The van der Waals surface area contributed by atoms with E-state index in [0.29, 0.717) is 11.7 Å². The molecule has 6 nitrogen and oxygen atoms in total. The Morgan fingerprint density at radius 2 is 2.22 bits per heavy atom. The van der Waals surface area contributed by atoms with Crippen molar-refractivity contribution < 1.29 is 4.79 Å². The number of nitrogens with zero attached hydrogens (tertiary/aromatic N) is 4. The van der Waals surface area contributed by atoms with Gasteiger partial charge in [0.05, 0.1) is 16.9 Å². The molecule has 0 aromatic carbocycles. The summed E-state index contributed by atoms with van der Waals surface area (Å²) in [5.41, 5.74) is 2.32. The van der Waals surface area contributed by atoms with Crippen LogP contribution in [0.3, 0.4) is 0 Å². The van der Waals surface area contributed by atoms with Gasteiger partial charge in [-0.1, -0.05) is 30.3 Å². The number of nitrogens with one attached hydrogen (secondary N) is 1. The summed E-state index contributed by atoms with van der Waals surface area (Å²) in [5, 5.41) is 8.08. The number of hydrogen-bond acceptors (Lipinski definition) is 5. The van der Waals surface area contributed by atoms with Crippen LogP contribution in [-0.2, 0) is 6.54 Å². The van der Waals surface area contributed by atoms with Gasteiger partial charge in [0.25, 0.3) is 5.91 Å². The van der Waals surface area contributed by atoms with Crippen LogP contribution in [0.4, 0.5) is 0 Å². The normalized spacial score (nSPS) is 12.2. The SMILES string of the molecule is CSc1ncc(Cl)c(C(=O)NC[C@@H](C)Cn2nc(C)cc2C)n1. The standard InChI is InChI=1S/C15H20ClN5OS/c1-9(8-21-11(3)5-10(2)20-21)6-17-14(22)13-12(16)7-18-15(19-13)23-4/h5,7,9H,6,8H2,1-4H3,(H,17,22)/t9-/m1/s1. The van der Waals surface area contributed by atoms with Gasteiger partial charge in [-0.2, -0.15) is 5.10 Å². The lowest BCUT2D eigenvalue weighted by molar-refractivity contribution is 0.0940. The molecule has 1 N–H and O–H groups in total. The van der Waals surface area contributed by atoms with E-state index in [1.165, 1.54) is 18.0 Å². The minimum Gasteiger partial charge on any atom is -0.350 e. The van der Waals surface area contributed by atoms with Crippen molar-refractivity contribution in [1.82, 2.24) is 25.1 Å². The molecule has 0 aliphatic rings. The van der Waals surface area contributed by atoms with E-state index in [9.17, 15) is 4.79 Å². The van der Waals surface area contributed by atoms with E-state index in [0.717, 1.165) is 17.9 Å². The molecule has 0 radical (unpaired) electrons. The fourth-order valence-electron chi connectivity index (χ4n) is 2.18. The Bertz CT molecular complexity index is 703. The maximum atomic E-state index is 12.2. The van der Waals surface area contributed by atoms with Crippen molar-refractivity contribution in [3.8, 4) is 0 Å². The van der Waals surface area contributed by atoms with Gasteiger partial charge in [-0.05, 0) is 32.1 Å². The van der Waals surface area contributed by atoms with E-state index in [2.05, 4.69) is 27.3 Å². The molecule has 0 aliphatic heterocycles. The van der Waals surface area contributed by atoms with Gasteiger partial charge >= 0.3 is 0 Å². The number of carbonyl (C=O) groups excluding carboxylic acids is 1. The average Bonchev–Trinajstić information content (AvgIpc) is 2.83. The van der Waals surface area contributed by atoms with Crippen molar-refractivity contribution in [3.05, 3.63) is 34.4 Å². The van der Waals surface area contributed by atoms with Crippen LogP contribution in [0.5, 0.6) is 0 Å². The van der Waals surface area contributed by atoms with Crippen LogP contribution in [-0.4, -0.2) is 38.5 Å². The van der Waals surface area contributed by atoms with E-state index in [1.54, 1.807) is 0 Å². The van der Waals surface area contributed by atoms with Crippen LogP contribution in [0.15, 0.2) is 17.4 Å². The highest BCUT2D eigenvalue weighted by Gasteiger charge is 2.15. The first kappa shape index (κ1) is 17.7. The molecule has 23 heavy (non-hydrogen) atoms. The van der Waals surface area contributed by atoms with Crippen LogP contribution in [0.2, 0.25) is 5.02 Å². The summed E-state index contributed by atoms with van der Waals surface area (Å²) >= 11 is 7.37. The lowest BCUT2D eigenvalue weighted by atomic mass is 10.2. The molecule has 1 atom stereocenters. The second-order valence-electron chi connectivity index (χ2n) is 5.48. The quantitative estimate of drug-likeness (QED) is 0.638. The maximum absolute atomic E-state index is 12.2. The zero-order chi connectivity index (χ0) is 17.0. The first-order chi connectivity index (χ1) is 10.9. The number of amides is 1. The monoisotopic (exact) mass is 353 g/mol. The molecule has 2 rings (SSSR count). The third kappa shape index (κ3) is 4.68. The van der Waals surface area contributed by atoms with Gasteiger partial charge in [0.1, 0.15) is 0 Å². The molecule has 0 aliphatic carbocycles. The van der Waals surface area contributed by atoms with Crippen molar-refractivity contribution in [2.24, 2.45) is 5.92 Å². The topological polar surface area (TPSA) is 72.7 Å². The number of aryl methyl sites for hydroxylation is 2. The fraction of sp³-hybridized carbons (Fsp3) is 0.467. The molecule has 0 saturated heterocycles. The van der Waals surface area contributed by atoms with Gasteiger partial charge in [-0.15, -0.1) is 0 Å². The molecule has 2 aromatic heterocycles. The second-order valence-corrected chi connectivity index (χ2v) is 6.66. The molecule has 2 aromatic rings. The van der Waals surface area contributed by atoms with Crippen LogP contribution < -0.4 is 5.32 Å². The maximum Gasteiger partial charge on any atom is 0.271 e. The second kappa shape index (κ2) is 7.79. The lowest BCUT2D eigenvalue weighted by Gasteiger charge is -2.14. The van der Waals surface area contributed by atoms with Crippen LogP contribution >= 0.6 is 23.4 Å². The van der Waals surface area contributed by atoms with Crippen molar-refractivity contribution in [1.29, 1.82) is 0 Å². The van der Waals surface area contributed by atoms with Gasteiger partial charge in [0.15, 0.2) is 10.9 Å². The van der Waals surface area contributed by atoms with Crippen molar-refractivity contribution in [2.75, 3.05) is 12.8 Å². The molecule has 0 unspecified atom stereocenters. The van der Waals surface area contributed by atoms with Crippen LogP contribution in [0.1, 0.15) is 28.8 Å². The number of carbonyl (C=O) groups is 1. The molecule has 0 spiro atoms. The molecule has 0 fully saturated rings. The molecule has 0 saturated carbocycles. The van der Waals surface area contributed by atoms with Gasteiger partial charge < -0.3 is 5.32 Å². The van der Waals surface area contributed by atoms with Gasteiger partial charge in [-0.3, -0.25) is 9.48 Å². The van der Waals surface area contributed by atoms with Crippen LogP contribution in [0.25, 0.3) is 0 Å². The molecular formula is C15H20ClN5OS. The van der Waals surface area contributed by atoms with Crippen molar-refractivity contribution in [2.45, 2.75) is 32.5 Å². The summed E-state index contributed by atoms with van der Waals surface area (Å²) in [6.45, 7) is 7.32. The highest BCUT2D eigenvalue weighted by molar-refractivity contribution is 7.98. The molecule has 0 bridgehead atoms. The number of aromatic nitrogens is 4. The first-order valence-corrected chi connectivity index (χ1v) is 8.86. The van der Waals surface area contributed by atoms with Crippen molar-refractivity contribution in [3.63, 3.8) is 0 Å².